The molecule has 0 bridgehead atoms. The molecule has 1 aromatic rings. The molecule has 8 heteroatoms. The van der Waals surface area contributed by atoms with Gasteiger partial charge in [0.25, 0.3) is 5.69 Å². The van der Waals surface area contributed by atoms with Crippen molar-refractivity contribution in [3.8, 4) is 0 Å². The van der Waals surface area contributed by atoms with Crippen LogP contribution in [0.25, 0.3) is 0 Å². The molecule has 0 unspecified atom stereocenters. The Balaban J connectivity index is 2.65. The smallest absolute Gasteiger partial charge is 0.272 e. The van der Waals surface area contributed by atoms with Gasteiger partial charge in [-0.1, -0.05) is 0 Å². The summed E-state index contributed by atoms with van der Waals surface area (Å²) in [4.78, 5) is 10.2. The van der Waals surface area contributed by atoms with E-state index >= 15 is 0 Å². The van der Waals surface area contributed by atoms with Crippen LogP contribution in [-0.2, 0) is 10.0 Å². The van der Waals surface area contributed by atoms with E-state index < -0.39 is 14.9 Å². The Kier molecular flexibility index (Phi) is 4.62. The molecule has 7 nitrogen and oxygen atoms in total. The van der Waals surface area contributed by atoms with Crippen LogP contribution in [0.1, 0.15) is 5.56 Å². The molecule has 18 heavy (non-hydrogen) atoms. The SMILES string of the molecule is CNS(=O)(=O)CCNc1ccc([N+](=O)[O-])c(C)c1. The normalized spacial score (nSPS) is 11.2. The third-order valence-corrected chi connectivity index (χ3v) is 3.77. The topological polar surface area (TPSA) is 101 Å². The Bertz CT molecular complexity index is 542. The summed E-state index contributed by atoms with van der Waals surface area (Å²) in [6, 6.07) is 4.56. The molecule has 0 radical (unpaired) electrons. The van der Waals surface area contributed by atoms with Gasteiger partial charge in [0, 0.05) is 23.9 Å². The monoisotopic (exact) mass is 273 g/mol. The van der Waals surface area contributed by atoms with E-state index in [0.29, 0.717) is 11.3 Å². The number of anilines is 1. The zero-order chi connectivity index (χ0) is 13.8. The number of rotatable bonds is 6. The van der Waals surface area contributed by atoms with Crippen molar-refractivity contribution in [2.75, 3.05) is 24.7 Å². The number of nitro groups is 1. The highest BCUT2D eigenvalue weighted by atomic mass is 32.2. The van der Waals surface area contributed by atoms with Gasteiger partial charge >= 0.3 is 0 Å². The zero-order valence-electron chi connectivity index (χ0n) is 10.1. The van der Waals surface area contributed by atoms with Crippen LogP contribution in [0, 0.1) is 17.0 Å². The molecule has 0 fully saturated rings. The van der Waals surface area contributed by atoms with Gasteiger partial charge in [-0.05, 0) is 26.1 Å². The fourth-order valence-electron chi connectivity index (χ4n) is 1.40. The third kappa shape index (κ3) is 3.97. The molecule has 1 aromatic carbocycles. The Hall–Kier alpha value is -1.67. The Labute approximate surface area is 105 Å². The maximum atomic E-state index is 11.2. The van der Waals surface area contributed by atoms with Gasteiger partial charge in [-0.15, -0.1) is 0 Å². The predicted octanol–water partition coefficient (Wildman–Crippen LogP) is 0.864. The molecule has 0 saturated heterocycles. The van der Waals surface area contributed by atoms with Gasteiger partial charge in [0.1, 0.15) is 0 Å². The summed E-state index contributed by atoms with van der Waals surface area (Å²) in [7, 11) is -1.89. The van der Waals surface area contributed by atoms with Crippen LogP contribution in [0.3, 0.4) is 0 Å². The number of sulfonamides is 1. The van der Waals surface area contributed by atoms with Crippen LogP contribution >= 0.6 is 0 Å². The van der Waals surface area contributed by atoms with Crippen molar-refractivity contribution in [3.63, 3.8) is 0 Å². The number of hydrogen-bond donors (Lipinski definition) is 2. The van der Waals surface area contributed by atoms with Crippen LogP contribution < -0.4 is 10.0 Å². The summed E-state index contributed by atoms with van der Waals surface area (Å²) >= 11 is 0. The minimum absolute atomic E-state index is 0.0448. The summed E-state index contributed by atoms with van der Waals surface area (Å²) in [6.45, 7) is 1.87. The van der Waals surface area contributed by atoms with Crippen molar-refractivity contribution in [3.05, 3.63) is 33.9 Å². The maximum Gasteiger partial charge on any atom is 0.272 e. The van der Waals surface area contributed by atoms with Gasteiger partial charge < -0.3 is 5.32 Å². The van der Waals surface area contributed by atoms with E-state index in [-0.39, 0.29) is 18.0 Å². The van der Waals surface area contributed by atoms with Crippen molar-refractivity contribution < 1.29 is 13.3 Å². The summed E-state index contributed by atoms with van der Waals surface area (Å²) < 4.78 is 24.5. The van der Waals surface area contributed by atoms with Crippen LogP contribution in [0.4, 0.5) is 11.4 Å². The van der Waals surface area contributed by atoms with Crippen molar-refractivity contribution in [2.45, 2.75) is 6.92 Å². The van der Waals surface area contributed by atoms with Gasteiger partial charge in [0.05, 0.1) is 10.7 Å². The Morgan fingerprint density at radius 1 is 1.39 bits per heavy atom. The average Bonchev–Trinajstić information content (AvgIpc) is 2.28. The molecule has 0 saturated carbocycles. The number of nitrogens with one attached hydrogen (secondary N) is 2. The zero-order valence-corrected chi connectivity index (χ0v) is 11.0. The molecule has 0 atom stereocenters. The first-order chi connectivity index (χ1) is 8.35. The lowest BCUT2D eigenvalue weighted by Gasteiger charge is -2.07. The third-order valence-electron chi connectivity index (χ3n) is 2.40. The minimum Gasteiger partial charge on any atom is -0.384 e. The van der Waals surface area contributed by atoms with E-state index in [1.807, 2.05) is 0 Å². The van der Waals surface area contributed by atoms with E-state index in [1.54, 1.807) is 19.1 Å². The molecule has 0 heterocycles. The van der Waals surface area contributed by atoms with Crippen LogP contribution in [0.15, 0.2) is 18.2 Å². The molecule has 0 aliphatic carbocycles. The van der Waals surface area contributed by atoms with E-state index in [2.05, 4.69) is 10.0 Å². The lowest BCUT2D eigenvalue weighted by molar-refractivity contribution is -0.385. The number of hydrogen-bond acceptors (Lipinski definition) is 5. The largest absolute Gasteiger partial charge is 0.384 e. The van der Waals surface area contributed by atoms with E-state index in [4.69, 9.17) is 0 Å². The second-order valence-electron chi connectivity index (χ2n) is 3.71. The summed E-state index contributed by atoms with van der Waals surface area (Å²) in [6.07, 6.45) is 0. The second-order valence-corrected chi connectivity index (χ2v) is 5.75. The van der Waals surface area contributed by atoms with E-state index in [1.165, 1.54) is 13.1 Å². The number of nitro benzene ring substituents is 1. The van der Waals surface area contributed by atoms with Crippen LogP contribution in [-0.4, -0.2) is 32.7 Å². The average molecular weight is 273 g/mol. The lowest BCUT2D eigenvalue weighted by Crippen LogP contribution is -2.26. The molecule has 0 spiro atoms. The molecule has 1 rings (SSSR count). The van der Waals surface area contributed by atoms with Crippen molar-refractivity contribution >= 4 is 21.4 Å². The fraction of sp³-hybridized carbons (Fsp3) is 0.400. The number of benzene rings is 1. The lowest BCUT2D eigenvalue weighted by atomic mass is 10.2. The first kappa shape index (κ1) is 14.4. The summed E-state index contributed by atoms with van der Waals surface area (Å²) in [5, 5.41) is 13.5. The van der Waals surface area contributed by atoms with Gasteiger partial charge in [-0.25, -0.2) is 13.1 Å². The first-order valence-electron chi connectivity index (χ1n) is 5.26. The van der Waals surface area contributed by atoms with Gasteiger partial charge in [-0.3, -0.25) is 10.1 Å². The standard InChI is InChI=1S/C10H15N3O4S/c1-8-7-9(3-4-10(8)13(14)15)12-5-6-18(16,17)11-2/h3-4,7,11-12H,5-6H2,1-2H3. The van der Waals surface area contributed by atoms with Gasteiger partial charge in [-0.2, -0.15) is 0 Å². The second kappa shape index (κ2) is 5.78. The highest BCUT2D eigenvalue weighted by Crippen LogP contribution is 2.21. The molecule has 0 aromatic heterocycles. The number of nitrogens with zero attached hydrogens (tertiary/aromatic N) is 1. The van der Waals surface area contributed by atoms with E-state index in [0.717, 1.165) is 0 Å². The van der Waals surface area contributed by atoms with E-state index in [9.17, 15) is 18.5 Å². The molecule has 0 aliphatic rings. The van der Waals surface area contributed by atoms with Crippen LogP contribution in [0.2, 0.25) is 0 Å². The van der Waals surface area contributed by atoms with Crippen molar-refractivity contribution in [2.24, 2.45) is 0 Å². The summed E-state index contributed by atoms with van der Waals surface area (Å²) in [5.74, 6) is -0.0560. The molecule has 100 valence electrons. The highest BCUT2D eigenvalue weighted by molar-refractivity contribution is 7.89. The van der Waals surface area contributed by atoms with Gasteiger partial charge in [0.2, 0.25) is 10.0 Å². The maximum absolute atomic E-state index is 11.2. The van der Waals surface area contributed by atoms with Gasteiger partial charge in [0.15, 0.2) is 0 Å². The quantitative estimate of drug-likeness (QED) is 0.591. The predicted molar refractivity (Wildman–Crippen MR) is 69.2 cm³/mol. The fourth-order valence-corrected chi connectivity index (χ4v) is 1.98. The number of aryl methyl sites for hydroxylation is 1. The summed E-state index contributed by atoms with van der Waals surface area (Å²) in [5.41, 5.74) is 1.23. The molecule has 0 amide bonds. The molecular formula is C10H15N3O4S. The minimum atomic E-state index is -3.24. The first-order valence-corrected chi connectivity index (χ1v) is 6.91. The molecule has 2 N–H and O–H groups in total. The molecular weight excluding hydrogens is 258 g/mol. The Morgan fingerprint density at radius 3 is 2.56 bits per heavy atom. The van der Waals surface area contributed by atoms with Crippen molar-refractivity contribution in [1.82, 2.24) is 4.72 Å². The van der Waals surface area contributed by atoms with Crippen molar-refractivity contribution in [1.29, 1.82) is 0 Å². The van der Waals surface area contributed by atoms with Crippen LogP contribution in [0.5, 0.6) is 0 Å². The Morgan fingerprint density at radius 2 is 2.06 bits per heavy atom. The molecule has 0 aliphatic heterocycles. The highest BCUT2D eigenvalue weighted by Gasteiger charge is 2.10.